The first-order valence-corrected chi connectivity index (χ1v) is 5.27. The lowest BCUT2D eigenvalue weighted by Gasteiger charge is -2.07. The van der Waals surface area contributed by atoms with Gasteiger partial charge in [-0.25, -0.2) is 0 Å². The normalized spacial score (nSPS) is 9.73. The number of carbonyl (C=O) groups is 1. The maximum absolute atomic E-state index is 11.7. The molecule has 1 rings (SSSR count). The molecule has 0 bridgehead atoms. The van der Waals surface area contributed by atoms with Gasteiger partial charge in [-0.3, -0.25) is 4.79 Å². The number of benzene rings is 1. The van der Waals surface area contributed by atoms with Crippen molar-refractivity contribution in [1.29, 1.82) is 0 Å². The van der Waals surface area contributed by atoms with Crippen LogP contribution in [0.25, 0.3) is 0 Å². The number of nitrogens with two attached hydrogens (primary N) is 1. The van der Waals surface area contributed by atoms with E-state index in [1.54, 1.807) is 12.1 Å². The quantitative estimate of drug-likeness (QED) is 0.826. The van der Waals surface area contributed by atoms with Crippen LogP contribution in [-0.4, -0.2) is 12.5 Å². The molecule has 4 heteroatoms. The first kappa shape index (κ1) is 11.8. The van der Waals surface area contributed by atoms with Gasteiger partial charge in [0.15, 0.2) is 0 Å². The Balaban J connectivity index is 2.81. The summed E-state index contributed by atoms with van der Waals surface area (Å²) < 4.78 is 0.734. The lowest BCUT2D eigenvalue weighted by molar-refractivity contribution is 0.0957. The van der Waals surface area contributed by atoms with Gasteiger partial charge in [0.05, 0.1) is 0 Å². The smallest absolute Gasteiger partial charge is 0.251 e. The number of rotatable bonds is 3. The molecule has 80 valence electrons. The summed E-state index contributed by atoms with van der Waals surface area (Å²) in [6.45, 7) is 5.92. The van der Waals surface area contributed by atoms with Crippen LogP contribution < -0.4 is 11.1 Å². The highest BCUT2D eigenvalue weighted by Gasteiger charge is 2.08. The minimum atomic E-state index is -0.139. The van der Waals surface area contributed by atoms with E-state index in [1.165, 1.54) is 0 Å². The Labute approximate surface area is 97.5 Å². The first-order valence-electron chi connectivity index (χ1n) is 4.48. The molecule has 0 unspecified atom stereocenters. The molecule has 0 heterocycles. The average molecular weight is 269 g/mol. The molecule has 0 aliphatic heterocycles. The van der Waals surface area contributed by atoms with Gasteiger partial charge in [-0.15, -0.1) is 0 Å². The van der Waals surface area contributed by atoms with Gasteiger partial charge in [-0.05, 0) is 24.6 Å². The van der Waals surface area contributed by atoms with Crippen molar-refractivity contribution in [2.45, 2.75) is 6.92 Å². The van der Waals surface area contributed by atoms with Crippen LogP contribution in [0, 0.1) is 6.92 Å². The molecule has 15 heavy (non-hydrogen) atoms. The summed E-state index contributed by atoms with van der Waals surface area (Å²) in [6.07, 6.45) is 0. The molecule has 0 aliphatic carbocycles. The third kappa shape index (κ3) is 3.40. The number of aryl methyl sites for hydroxylation is 1. The van der Waals surface area contributed by atoms with E-state index in [1.807, 2.05) is 13.0 Å². The van der Waals surface area contributed by atoms with Crippen LogP contribution >= 0.6 is 15.9 Å². The van der Waals surface area contributed by atoms with Crippen LogP contribution in [-0.2, 0) is 0 Å². The molecule has 0 aliphatic rings. The maximum atomic E-state index is 11.7. The molecule has 3 N–H and O–H groups in total. The second-order valence-electron chi connectivity index (χ2n) is 3.27. The Hall–Kier alpha value is -1.29. The molecular weight excluding hydrogens is 256 g/mol. The van der Waals surface area contributed by atoms with Gasteiger partial charge in [-0.1, -0.05) is 28.6 Å². The maximum Gasteiger partial charge on any atom is 0.251 e. The average Bonchev–Trinajstić information content (AvgIpc) is 2.18. The van der Waals surface area contributed by atoms with Crippen LogP contribution in [0.5, 0.6) is 0 Å². The fourth-order valence-corrected chi connectivity index (χ4v) is 1.30. The Morgan fingerprint density at radius 2 is 2.27 bits per heavy atom. The van der Waals surface area contributed by atoms with Gasteiger partial charge in [0.2, 0.25) is 0 Å². The number of anilines is 1. The van der Waals surface area contributed by atoms with E-state index in [4.69, 9.17) is 5.73 Å². The van der Waals surface area contributed by atoms with Gasteiger partial charge in [0, 0.05) is 22.3 Å². The molecule has 0 aromatic heterocycles. The van der Waals surface area contributed by atoms with Gasteiger partial charge >= 0.3 is 0 Å². The number of nitrogen functional groups attached to an aromatic ring is 1. The molecule has 3 nitrogen and oxygen atoms in total. The van der Waals surface area contributed by atoms with Gasteiger partial charge < -0.3 is 11.1 Å². The van der Waals surface area contributed by atoms with Crippen LogP contribution in [0.2, 0.25) is 0 Å². The number of carbonyl (C=O) groups excluding carboxylic acids is 1. The SMILES string of the molecule is C=C(Br)CNC(=O)c1cc(N)ccc1C. The molecule has 1 aromatic rings. The second-order valence-corrected chi connectivity index (χ2v) is 4.40. The van der Waals surface area contributed by atoms with E-state index in [9.17, 15) is 4.79 Å². The summed E-state index contributed by atoms with van der Waals surface area (Å²) >= 11 is 3.17. The Morgan fingerprint density at radius 3 is 2.87 bits per heavy atom. The van der Waals surface area contributed by atoms with Crippen LogP contribution in [0.15, 0.2) is 29.3 Å². The molecule has 1 aromatic carbocycles. The third-order valence-electron chi connectivity index (χ3n) is 1.95. The number of amides is 1. The zero-order chi connectivity index (χ0) is 11.4. The zero-order valence-electron chi connectivity index (χ0n) is 8.51. The minimum absolute atomic E-state index is 0.139. The third-order valence-corrected chi connectivity index (χ3v) is 2.23. The summed E-state index contributed by atoms with van der Waals surface area (Å²) in [5.74, 6) is -0.139. The summed E-state index contributed by atoms with van der Waals surface area (Å²) in [5.41, 5.74) is 7.71. The highest BCUT2D eigenvalue weighted by Crippen LogP contribution is 2.12. The van der Waals surface area contributed by atoms with E-state index in [0.717, 1.165) is 10.0 Å². The molecule has 0 fully saturated rings. The van der Waals surface area contributed by atoms with Gasteiger partial charge in [0.25, 0.3) is 5.91 Å². The second kappa shape index (κ2) is 4.98. The molecule has 0 saturated carbocycles. The van der Waals surface area contributed by atoms with Crippen LogP contribution in [0.4, 0.5) is 5.69 Å². The van der Waals surface area contributed by atoms with Crippen LogP contribution in [0.3, 0.4) is 0 Å². The van der Waals surface area contributed by atoms with Crippen molar-refractivity contribution in [2.24, 2.45) is 0 Å². The van der Waals surface area contributed by atoms with Crippen LogP contribution in [0.1, 0.15) is 15.9 Å². The van der Waals surface area contributed by atoms with Crippen molar-refractivity contribution >= 4 is 27.5 Å². The first-order chi connectivity index (χ1) is 7.00. The van der Waals surface area contributed by atoms with E-state index < -0.39 is 0 Å². The van der Waals surface area contributed by atoms with Crippen molar-refractivity contribution in [2.75, 3.05) is 12.3 Å². The highest BCUT2D eigenvalue weighted by atomic mass is 79.9. The lowest BCUT2D eigenvalue weighted by atomic mass is 10.1. The summed E-state index contributed by atoms with van der Waals surface area (Å²) in [7, 11) is 0. The molecule has 0 atom stereocenters. The predicted molar refractivity (Wildman–Crippen MR) is 66.0 cm³/mol. The van der Waals surface area contributed by atoms with E-state index in [2.05, 4.69) is 27.8 Å². The molecule has 0 saturated heterocycles. The van der Waals surface area contributed by atoms with Crippen molar-refractivity contribution < 1.29 is 4.79 Å². The van der Waals surface area contributed by atoms with Gasteiger partial charge in [-0.2, -0.15) is 0 Å². The standard InChI is InChI=1S/C11H13BrN2O/c1-7-3-4-9(13)5-10(7)11(15)14-6-8(2)12/h3-5H,2,6,13H2,1H3,(H,14,15). The van der Waals surface area contributed by atoms with Crippen molar-refractivity contribution in [3.63, 3.8) is 0 Å². The Morgan fingerprint density at radius 1 is 1.60 bits per heavy atom. The number of hydrogen-bond acceptors (Lipinski definition) is 2. The molecule has 1 amide bonds. The largest absolute Gasteiger partial charge is 0.399 e. The topological polar surface area (TPSA) is 55.1 Å². The highest BCUT2D eigenvalue weighted by molar-refractivity contribution is 9.11. The fourth-order valence-electron chi connectivity index (χ4n) is 1.16. The van der Waals surface area contributed by atoms with E-state index in [-0.39, 0.29) is 5.91 Å². The molecule has 0 radical (unpaired) electrons. The van der Waals surface area contributed by atoms with Crippen molar-refractivity contribution in [3.8, 4) is 0 Å². The van der Waals surface area contributed by atoms with E-state index >= 15 is 0 Å². The summed E-state index contributed by atoms with van der Waals surface area (Å²) in [5, 5.41) is 2.73. The number of nitrogens with one attached hydrogen (secondary N) is 1. The Bertz CT molecular complexity index is 402. The number of hydrogen-bond donors (Lipinski definition) is 2. The monoisotopic (exact) mass is 268 g/mol. The Kier molecular flexibility index (Phi) is 3.91. The predicted octanol–water partition coefficient (Wildman–Crippen LogP) is 2.22. The summed E-state index contributed by atoms with van der Waals surface area (Å²) in [6, 6.07) is 5.27. The van der Waals surface area contributed by atoms with Crippen molar-refractivity contribution in [3.05, 3.63) is 40.4 Å². The lowest BCUT2D eigenvalue weighted by Crippen LogP contribution is -2.25. The number of halogens is 1. The van der Waals surface area contributed by atoms with Gasteiger partial charge in [0.1, 0.15) is 0 Å². The van der Waals surface area contributed by atoms with Crippen molar-refractivity contribution in [1.82, 2.24) is 5.32 Å². The molecule has 0 spiro atoms. The fraction of sp³-hybridized carbons (Fsp3) is 0.182. The minimum Gasteiger partial charge on any atom is -0.399 e. The zero-order valence-corrected chi connectivity index (χ0v) is 10.1. The summed E-state index contributed by atoms with van der Waals surface area (Å²) in [4.78, 5) is 11.7. The molecular formula is C11H13BrN2O. The van der Waals surface area contributed by atoms with E-state index in [0.29, 0.717) is 17.8 Å².